The van der Waals surface area contributed by atoms with Gasteiger partial charge in [0, 0.05) is 25.2 Å². The van der Waals surface area contributed by atoms with Crippen LogP contribution < -0.4 is 11.1 Å². The predicted molar refractivity (Wildman–Crippen MR) is 75.5 cm³/mol. The third-order valence-electron chi connectivity index (χ3n) is 2.94. The van der Waals surface area contributed by atoms with Gasteiger partial charge in [0.15, 0.2) is 5.84 Å². The normalized spacial score (nSPS) is 13.3. The van der Waals surface area contributed by atoms with Gasteiger partial charge in [0.05, 0.1) is 6.26 Å². The van der Waals surface area contributed by atoms with E-state index >= 15 is 0 Å². The van der Waals surface area contributed by atoms with Gasteiger partial charge < -0.3 is 20.7 Å². The van der Waals surface area contributed by atoms with Gasteiger partial charge in [0.1, 0.15) is 11.5 Å². The number of pyridine rings is 1. The van der Waals surface area contributed by atoms with Crippen LogP contribution in [0.3, 0.4) is 0 Å². The average molecular weight is 274 g/mol. The molecule has 0 amide bonds. The molecule has 4 N–H and O–H groups in total. The van der Waals surface area contributed by atoms with Crippen molar-refractivity contribution in [2.45, 2.75) is 25.9 Å². The molecule has 0 aliphatic heterocycles. The molecule has 20 heavy (non-hydrogen) atoms. The molecular weight excluding hydrogens is 256 g/mol. The summed E-state index contributed by atoms with van der Waals surface area (Å²) in [4.78, 5) is 4.04. The Kier molecular flexibility index (Phi) is 4.73. The van der Waals surface area contributed by atoms with Gasteiger partial charge in [-0.2, -0.15) is 0 Å². The van der Waals surface area contributed by atoms with Crippen LogP contribution in [-0.4, -0.2) is 22.1 Å². The maximum Gasteiger partial charge on any atom is 0.188 e. The van der Waals surface area contributed by atoms with Gasteiger partial charge in [-0.05, 0) is 36.8 Å². The molecule has 0 radical (unpaired) electrons. The minimum absolute atomic E-state index is 0.00971. The lowest BCUT2D eigenvalue weighted by atomic mass is 10.1. The summed E-state index contributed by atoms with van der Waals surface area (Å²) in [5, 5.41) is 15.0. The minimum Gasteiger partial charge on any atom is -0.469 e. The fourth-order valence-electron chi connectivity index (χ4n) is 1.87. The van der Waals surface area contributed by atoms with Crippen molar-refractivity contribution in [2.24, 2.45) is 10.9 Å². The number of hydrogen-bond donors (Lipinski definition) is 3. The molecule has 0 saturated heterocycles. The summed E-state index contributed by atoms with van der Waals surface area (Å²) in [5.41, 5.74) is 7.00. The van der Waals surface area contributed by atoms with E-state index in [0.29, 0.717) is 12.2 Å². The van der Waals surface area contributed by atoms with E-state index in [9.17, 15) is 0 Å². The molecule has 6 nitrogen and oxygen atoms in total. The van der Waals surface area contributed by atoms with Gasteiger partial charge in [-0.25, -0.2) is 0 Å². The number of oxime groups is 1. The number of nitrogens with two attached hydrogens (primary N) is 1. The van der Waals surface area contributed by atoms with Crippen LogP contribution in [0, 0.1) is 0 Å². The molecule has 0 aromatic carbocycles. The quantitative estimate of drug-likeness (QED) is 0.321. The molecule has 0 spiro atoms. The van der Waals surface area contributed by atoms with Crippen LogP contribution in [0.25, 0.3) is 0 Å². The number of aromatic nitrogens is 1. The summed E-state index contributed by atoms with van der Waals surface area (Å²) >= 11 is 0. The molecule has 0 aliphatic rings. The topological polar surface area (TPSA) is 96.7 Å². The Morgan fingerprint density at radius 3 is 3.10 bits per heavy atom. The lowest BCUT2D eigenvalue weighted by Crippen LogP contribution is -2.27. The Balaban J connectivity index is 1.90. The summed E-state index contributed by atoms with van der Waals surface area (Å²) in [6, 6.07) is 7.80. The Bertz CT molecular complexity index is 566. The van der Waals surface area contributed by atoms with E-state index in [1.165, 1.54) is 0 Å². The zero-order chi connectivity index (χ0) is 14.4. The van der Waals surface area contributed by atoms with Crippen LogP contribution in [0.1, 0.15) is 23.9 Å². The lowest BCUT2D eigenvalue weighted by Gasteiger charge is -2.12. The third-order valence-corrected chi connectivity index (χ3v) is 2.94. The second kappa shape index (κ2) is 6.72. The maximum atomic E-state index is 8.64. The van der Waals surface area contributed by atoms with E-state index in [4.69, 9.17) is 15.4 Å². The Labute approximate surface area is 117 Å². The fourth-order valence-corrected chi connectivity index (χ4v) is 1.87. The monoisotopic (exact) mass is 274 g/mol. The number of hydrogen-bond acceptors (Lipinski definition) is 5. The second-order valence-corrected chi connectivity index (χ2v) is 4.60. The van der Waals surface area contributed by atoms with Crippen LogP contribution in [-0.2, 0) is 13.0 Å². The van der Waals surface area contributed by atoms with Crippen molar-refractivity contribution >= 4 is 5.84 Å². The largest absolute Gasteiger partial charge is 0.469 e. The van der Waals surface area contributed by atoms with Gasteiger partial charge >= 0.3 is 0 Å². The van der Waals surface area contributed by atoms with Gasteiger partial charge in [-0.1, -0.05) is 5.16 Å². The second-order valence-electron chi connectivity index (χ2n) is 4.60. The van der Waals surface area contributed by atoms with Gasteiger partial charge in [-0.15, -0.1) is 0 Å². The maximum absolute atomic E-state index is 8.64. The highest BCUT2D eigenvalue weighted by Gasteiger charge is 2.06. The van der Waals surface area contributed by atoms with Crippen molar-refractivity contribution in [3.63, 3.8) is 0 Å². The lowest BCUT2D eigenvalue weighted by molar-refractivity contribution is 0.318. The molecule has 2 heterocycles. The molecule has 0 fully saturated rings. The number of furan rings is 1. The van der Waals surface area contributed by atoms with E-state index in [0.717, 1.165) is 17.7 Å². The van der Waals surface area contributed by atoms with E-state index < -0.39 is 0 Å². The summed E-state index contributed by atoms with van der Waals surface area (Å²) in [6.45, 7) is 2.77. The first-order valence-corrected chi connectivity index (χ1v) is 6.37. The van der Waals surface area contributed by atoms with Crippen molar-refractivity contribution in [1.29, 1.82) is 0 Å². The molecule has 2 aromatic heterocycles. The van der Waals surface area contributed by atoms with Crippen molar-refractivity contribution in [3.05, 3.63) is 53.7 Å². The molecule has 106 valence electrons. The molecule has 0 aliphatic carbocycles. The van der Waals surface area contributed by atoms with Gasteiger partial charge in [0.25, 0.3) is 0 Å². The predicted octanol–water partition coefficient (Wildman–Crippen LogP) is 1.49. The first kappa shape index (κ1) is 14.1. The standard InChI is InChI=1S/C14H18N4O2/c1-10(7-12-3-2-6-20-12)17-9-11-4-5-16-13(8-11)14(15)18-19/h2-6,8,10,17,19H,7,9H2,1H3,(H2,15,18). The van der Waals surface area contributed by atoms with Crippen molar-refractivity contribution in [1.82, 2.24) is 10.3 Å². The highest BCUT2D eigenvalue weighted by molar-refractivity contribution is 5.95. The van der Waals surface area contributed by atoms with Gasteiger partial charge in [0.2, 0.25) is 0 Å². The summed E-state index contributed by atoms with van der Waals surface area (Å²) in [7, 11) is 0. The Hall–Kier alpha value is -2.34. The molecule has 0 saturated carbocycles. The molecule has 2 rings (SSSR count). The summed E-state index contributed by atoms with van der Waals surface area (Å²) in [6.07, 6.45) is 4.14. The SMILES string of the molecule is CC(Cc1ccco1)NCc1ccnc(C(N)=NO)c1. The van der Waals surface area contributed by atoms with Crippen molar-refractivity contribution < 1.29 is 9.62 Å². The number of nitrogens with zero attached hydrogens (tertiary/aromatic N) is 2. The van der Waals surface area contributed by atoms with Crippen molar-refractivity contribution in [3.8, 4) is 0 Å². The Morgan fingerprint density at radius 1 is 1.55 bits per heavy atom. The van der Waals surface area contributed by atoms with Crippen LogP contribution in [0.2, 0.25) is 0 Å². The first-order chi connectivity index (χ1) is 9.69. The molecule has 1 unspecified atom stereocenters. The van der Waals surface area contributed by atoms with Crippen LogP contribution >= 0.6 is 0 Å². The van der Waals surface area contributed by atoms with Crippen LogP contribution in [0.5, 0.6) is 0 Å². The number of amidine groups is 1. The molecule has 2 aromatic rings. The fraction of sp³-hybridized carbons (Fsp3) is 0.286. The average Bonchev–Trinajstić information content (AvgIpc) is 2.97. The molecule has 0 bridgehead atoms. The third kappa shape index (κ3) is 3.83. The van der Waals surface area contributed by atoms with Gasteiger partial charge in [-0.3, -0.25) is 4.98 Å². The molecule has 1 atom stereocenters. The van der Waals surface area contributed by atoms with E-state index in [-0.39, 0.29) is 11.9 Å². The van der Waals surface area contributed by atoms with E-state index in [2.05, 4.69) is 22.4 Å². The zero-order valence-electron chi connectivity index (χ0n) is 11.3. The van der Waals surface area contributed by atoms with Crippen LogP contribution in [0.15, 0.2) is 46.3 Å². The van der Waals surface area contributed by atoms with E-state index in [1.807, 2.05) is 18.2 Å². The van der Waals surface area contributed by atoms with Crippen molar-refractivity contribution in [2.75, 3.05) is 0 Å². The number of nitrogens with one attached hydrogen (secondary N) is 1. The highest BCUT2D eigenvalue weighted by atomic mass is 16.4. The summed E-state index contributed by atoms with van der Waals surface area (Å²) < 4.78 is 5.31. The smallest absolute Gasteiger partial charge is 0.188 e. The first-order valence-electron chi connectivity index (χ1n) is 6.37. The number of rotatable bonds is 6. The zero-order valence-corrected chi connectivity index (χ0v) is 11.3. The Morgan fingerprint density at radius 2 is 2.40 bits per heavy atom. The molecule has 6 heteroatoms. The molecular formula is C14H18N4O2. The summed E-state index contributed by atoms with van der Waals surface area (Å²) in [5.74, 6) is 0.965. The van der Waals surface area contributed by atoms with E-state index in [1.54, 1.807) is 18.5 Å². The van der Waals surface area contributed by atoms with Crippen LogP contribution in [0.4, 0.5) is 0 Å². The highest BCUT2D eigenvalue weighted by Crippen LogP contribution is 2.06. The minimum atomic E-state index is 0.00971.